The molecule has 6 heteroatoms. The number of hydrogen-bond acceptors (Lipinski definition) is 6. The predicted molar refractivity (Wildman–Crippen MR) is 585 cm³/mol. The molecule has 0 atom stereocenters. The molecule has 0 aliphatic heterocycles. The van der Waals surface area contributed by atoms with Gasteiger partial charge in [-0.25, -0.2) is 0 Å². The van der Waals surface area contributed by atoms with E-state index in [1.807, 2.05) is 44.2 Å². The average Bonchev–Trinajstić information content (AvgIpc) is 0.798. The Kier molecular flexibility index (Phi) is 28.9. The number of aryl methyl sites for hydroxylation is 10. The van der Waals surface area contributed by atoms with Gasteiger partial charge in [0.2, 0.25) is 0 Å². The molecule has 18 aromatic carbocycles. The summed E-state index contributed by atoms with van der Waals surface area (Å²) in [4.78, 5) is 9.42. The van der Waals surface area contributed by atoms with Crippen molar-refractivity contribution in [2.75, 3.05) is 32.8 Å². The molecule has 0 aromatic heterocycles. The van der Waals surface area contributed by atoms with Gasteiger partial charge in [-0.15, -0.1) is 0 Å². The highest BCUT2D eigenvalue weighted by Gasteiger charge is 2.22. The van der Waals surface area contributed by atoms with Crippen LogP contribution in [0, 0.1) is 69.2 Å². The van der Waals surface area contributed by atoms with Crippen molar-refractivity contribution in [3.05, 3.63) is 513 Å². The van der Waals surface area contributed by atoms with Gasteiger partial charge in [-0.05, 0) is 328 Å². The summed E-state index contributed by atoms with van der Waals surface area (Å²) < 4.78 is 11.5. The van der Waals surface area contributed by atoms with Gasteiger partial charge in [-0.3, -0.25) is 0 Å². The maximum absolute atomic E-state index is 5.85. The molecular formula is C130H116N4O2. The van der Waals surface area contributed by atoms with E-state index in [0.717, 1.165) is 102 Å². The monoisotopic (exact) mass is 1760 g/mol. The molecule has 668 valence electrons. The van der Waals surface area contributed by atoms with Crippen LogP contribution in [0.15, 0.2) is 413 Å². The lowest BCUT2D eigenvalue weighted by Gasteiger charge is -2.27. The molecule has 0 unspecified atom stereocenters. The van der Waals surface area contributed by atoms with Crippen LogP contribution in [0.3, 0.4) is 0 Å². The summed E-state index contributed by atoms with van der Waals surface area (Å²) in [5.74, 6) is 1.79. The number of ether oxygens (including phenoxy) is 2. The van der Waals surface area contributed by atoms with Crippen LogP contribution in [0.5, 0.6) is 11.5 Å². The summed E-state index contributed by atoms with van der Waals surface area (Å²) in [6, 6.07) is 149. The van der Waals surface area contributed by atoms with Crippen LogP contribution >= 0.6 is 0 Å². The van der Waals surface area contributed by atoms with Crippen molar-refractivity contribution in [2.24, 2.45) is 0 Å². The van der Waals surface area contributed by atoms with Gasteiger partial charge in [-0.1, -0.05) is 355 Å². The molecule has 0 saturated carbocycles. The van der Waals surface area contributed by atoms with E-state index in [9.17, 15) is 0 Å². The first-order chi connectivity index (χ1) is 66.3. The molecule has 0 amide bonds. The largest absolute Gasteiger partial charge is 0.494 e. The standard InChI is InChI=1S/2C65H58N2O/c1-7-68-63-40-22-54(23-41-63)17-16-53-20-34-60(35-21-53)67(65-43-11-48(4)45-50(65)6)62-38-30-58(31-39-62)56-26-24-55(25-27-56)57-28-36-61(37-29-57)66(64-42-10-47(3)44-49(64)5)59-32-18-52(19-33-59)15-14-51-12-8-46(2)9-13-51;1-7-68-65-11-9-8-10-58(65)25-20-53-23-36-60(37-24-53)67(64-43-15-48(4)45-50(64)6)62-40-32-57(33-41-62)55-28-26-54(27-29-55)56-30-38-61(39-31-56)66(63-42-14-47(3)44-49(63)5)59-34-21-52(22-35-59)19-18-51-16-12-46(2)13-17-51/h2*8-45H,7H2,1-6H3/b15-14+,17-16+;19-18+,25-20+. The number of para-hydroxylation sites is 1. The first-order valence-electron chi connectivity index (χ1n) is 47.2. The summed E-state index contributed by atoms with van der Waals surface area (Å²) in [5, 5.41) is 0. The minimum atomic E-state index is 0.637. The van der Waals surface area contributed by atoms with Crippen LogP contribution in [0.4, 0.5) is 68.2 Å². The lowest BCUT2D eigenvalue weighted by molar-refractivity contribution is 0.339. The number of anilines is 12. The number of nitrogens with zero attached hydrogens (tertiary/aromatic N) is 4. The van der Waals surface area contributed by atoms with E-state index in [0.29, 0.717) is 13.2 Å². The van der Waals surface area contributed by atoms with E-state index in [4.69, 9.17) is 9.47 Å². The van der Waals surface area contributed by atoms with Crippen LogP contribution in [-0.4, -0.2) is 13.2 Å². The highest BCUT2D eigenvalue weighted by Crippen LogP contribution is 2.45. The summed E-state index contributed by atoms with van der Waals surface area (Å²) in [5.41, 5.74) is 44.6. The van der Waals surface area contributed by atoms with Crippen molar-refractivity contribution in [2.45, 2.75) is 83.1 Å². The fourth-order valence-electron chi connectivity index (χ4n) is 17.7. The lowest BCUT2D eigenvalue weighted by atomic mass is 9.99. The maximum Gasteiger partial charge on any atom is 0.126 e. The molecule has 0 fully saturated rings. The van der Waals surface area contributed by atoms with Crippen LogP contribution < -0.4 is 29.1 Å². The van der Waals surface area contributed by atoms with Gasteiger partial charge in [-0.2, -0.15) is 0 Å². The van der Waals surface area contributed by atoms with Crippen LogP contribution in [-0.2, 0) is 0 Å². The normalized spacial score (nSPS) is 11.3. The van der Waals surface area contributed by atoms with Crippen LogP contribution in [0.2, 0.25) is 0 Å². The van der Waals surface area contributed by atoms with Crippen molar-refractivity contribution >= 4 is 117 Å². The van der Waals surface area contributed by atoms with Crippen LogP contribution in [0.1, 0.15) is 114 Å². The highest BCUT2D eigenvalue weighted by molar-refractivity contribution is 5.88. The second kappa shape index (κ2) is 42.9. The van der Waals surface area contributed by atoms with Gasteiger partial charge in [0.15, 0.2) is 0 Å². The van der Waals surface area contributed by atoms with E-state index < -0.39 is 0 Å². The van der Waals surface area contributed by atoms with E-state index in [-0.39, 0.29) is 0 Å². The Hall–Kier alpha value is -16.3. The second-order valence-corrected chi connectivity index (χ2v) is 35.3. The van der Waals surface area contributed by atoms with Gasteiger partial charge < -0.3 is 29.1 Å². The molecule has 0 radical (unpaired) electrons. The Bertz CT molecular complexity index is 7220. The minimum absolute atomic E-state index is 0.637. The first kappa shape index (κ1) is 91.6. The molecule has 18 rings (SSSR count). The Morgan fingerprint density at radius 3 is 0.603 bits per heavy atom. The number of rotatable bonds is 28. The fraction of sp³-hybridized carbons (Fsp3) is 0.108. The van der Waals surface area contributed by atoms with Gasteiger partial charge >= 0.3 is 0 Å². The van der Waals surface area contributed by atoms with Gasteiger partial charge in [0, 0.05) is 73.8 Å². The van der Waals surface area contributed by atoms with Crippen molar-refractivity contribution in [1.82, 2.24) is 0 Å². The van der Waals surface area contributed by atoms with E-state index in [1.54, 1.807) is 0 Å². The zero-order valence-corrected chi connectivity index (χ0v) is 79.9. The number of benzene rings is 18. The minimum Gasteiger partial charge on any atom is -0.494 e. The third kappa shape index (κ3) is 22.5. The molecule has 0 saturated heterocycles. The fourth-order valence-corrected chi connectivity index (χ4v) is 17.7. The molecule has 0 aliphatic rings. The summed E-state index contributed by atoms with van der Waals surface area (Å²) >= 11 is 0. The molecule has 0 spiro atoms. The SMILES string of the molecule is CCOc1ccc(/C=C/c2ccc(N(c3ccc(-c4ccc(-c5ccc(N(c6ccc(/C=C/c7ccc(C)cc7)cc6)c6ccc(C)cc6C)cc5)cc4)cc3)c3ccc(C)cc3C)cc2)cc1.CCOc1ccccc1/C=C/c1ccc(N(c2ccc(-c3ccc(-c4ccc(N(c5ccc(/C=C/c6ccc(C)cc6)cc5)c5ccc(C)cc5C)cc4)cc3)cc2)c2ccc(C)cc2C)cc1. The van der Waals surface area contributed by atoms with Gasteiger partial charge in [0.1, 0.15) is 11.5 Å². The van der Waals surface area contributed by atoms with Crippen molar-refractivity contribution < 1.29 is 9.47 Å². The molecular weight excluding hydrogens is 1650 g/mol. The quantitative estimate of drug-likeness (QED) is 0.0454. The van der Waals surface area contributed by atoms with Crippen molar-refractivity contribution in [3.63, 3.8) is 0 Å². The predicted octanol–water partition coefficient (Wildman–Crippen LogP) is 36.5. The molecule has 0 N–H and O–H groups in total. The molecule has 0 aliphatic carbocycles. The Labute approximate surface area is 805 Å². The van der Waals surface area contributed by atoms with Gasteiger partial charge in [0.25, 0.3) is 0 Å². The molecule has 18 aromatic rings. The smallest absolute Gasteiger partial charge is 0.126 e. The van der Waals surface area contributed by atoms with E-state index >= 15 is 0 Å². The molecule has 0 bridgehead atoms. The summed E-state index contributed by atoms with van der Waals surface area (Å²) in [7, 11) is 0. The van der Waals surface area contributed by atoms with E-state index in [1.165, 1.54) is 123 Å². The van der Waals surface area contributed by atoms with Crippen molar-refractivity contribution in [1.29, 1.82) is 0 Å². The molecule has 6 nitrogen and oxygen atoms in total. The maximum atomic E-state index is 5.85. The third-order valence-electron chi connectivity index (χ3n) is 25.0. The average molecular weight is 1770 g/mol. The zero-order valence-electron chi connectivity index (χ0n) is 79.9. The first-order valence-corrected chi connectivity index (χ1v) is 47.2. The van der Waals surface area contributed by atoms with Crippen LogP contribution in [0.25, 0.3) is 93.1 Å². The molecule has 0 heterocycles. The summed E-state index contributed by atoms with van der Waals surface area (Å²) in [6.07, 6.45) is 17.3. The Morgan fingerprint density at radius 1 is 0.184 bits per heavy atom. The third-order valence-corrected chi connectivity index (χ3v) is 25.0. The summed E-state index contributed by atoms with van der Waals surface area (Å²) in [6.45, 7) is 26.9. The zero-order chi connectivity index (χ0) is 94.0. The van der Waals surface area contributed by atoms with Crippen molar-refractivity contribution in [3.8, 4) is 56.0 Å². The highest BCUT2D eigenvalue weighted by atomic mass is 16.5. The Morgan fingerprint density at radius 2 is 0.375 bits per heavy atom. The second-order valence-electron chi connectivity index (χ2n) is 35.3. The van der Waals surface area contributed by atoms with Gasteiger partial charge in [0.05, 0.1) is 13.2 Å². The lowest BCUT2D eigenvalue weighted by Crippen LogP contribution is -2.11. The topological polar surface area (TPSA) is 31.4 Å². The Balaban J connectivity index is 0.000000189. The number of hydrogen-bond donors (Lipinski definition) is 0. The molecule has 136 heavy (non-hydrogen) atoms. The van der Waals surface area contributed by atoms with E-state index in [2.05, 4.69) is 520 Å².